The Kier molecular flexibility index (Phi) is 11.8. The van der Waals surface area contributed by atoms with Crippen molar-refractivity contribution < 1.29 is 9.53 Å². The molecule has 0 fully saturated rings. The number of nitrogens with zero attached hydrogens (tertiary/aromatic N) is 1. The molecular weight excluding hydrogens is 479 g/mol. The van der Waals surface area contributed by atoms with Gasteiger partial charge in [0.1, 0.15) is 5.75 Å². The molecule has 0 aliphatic carbocycles. The van der Waals surface area contributed by atoms with Crippen molar-refractivity contribution in [3.05, 3.63) is 65.2 Å². The molecule has 0 aromatic heterocycles. The van der Waals surface area contributed by atoms with Crippen LogP contribution in [-0.4, -0.2) is 32.1 Å². The number of carbonyl (C=O) groups excluding carboxylic acids is 1. The number of guanidine groups is 1. The molecule has 0 saturated heterocycles. The zero-order chi connectivity index (χ0) is 20.2. The summed E-state index contributed by atoms with van der Waals surface area (Å²) in [5.41, 5.74) is 2.76. The first-order valence-corrected chi connectivity index (χ1v) is 9.68. The number of aliphatic imine (C=N–C) groups is 1. The third-order valence-corrected chi connectivity index (χ3v) is 4.08. The normalized spacial score (nSPS) is 10.7. The summed E-state index contributed by atoms with van der Waals surface area (Å²) in [6.45, 7) is 6.64. The maximum Gasteiger partial charge on any atom is 0.251 e. The van der Waals surface area contributed by atoms with Crippen LogP contribution in [0.15, 0.2) is 53.5 Å². The zero-order valence-electron chi connectivity index (χ0n) is 17.3. The molecule has 2 aromatic carbocycles. The van der Waals surface area contributed by atoms with Gasteiger partial charge in [0.05, 0.1) is 13.7 Å². The van der Waals surface area contributed by atoms with E-state index >= 15 is 0 Å². The molecule has 3 N–H and O–H groups in total. The van der Waals surface area contributed by atoms with Crippen LogP contribution in [0, 0.1) is 0 Å². The standard InChI is InChI=1S/C22H30N4O2.HI/c1-4-12-24-21(27)19-10-6-8-17(13-19)15-25-22(23-5-2)26-16-18-9-7-11-20(14-18)28-3;/h6-11,13-14H,4-5,12,15-16H2,1-3H3,(H,24,27)(H2,23,25,26);1H. The van der Waals surface area contributed by atoms with E-state index in [-0.39, 0.29) is 29.9 Å². The van der Waals surface area contributed by atoms with Crippen molar-refractivity contribution in [1.82, 2.24) is 16.0 Å². The Morgan fingerprint density at radius 2 is 1.76 bits per heavy atom. The molecule has 158 valence electrons. The van der Waals surface area contributed by atoms with Crippen LogP contribution in [0.25, 0.3) is 0 Å². The molecule has 0 heterocycles. The maximum absolute atomic E-state index is 12.1. The molecule has 0 radical (unpaired) electrons. The number of benzene rings is 2. The lowest BCUT2D eigenvalue weighted by Crippen LogP contribution is -2.36. The van der Waals surface area contributed by atoms with Gasteiger partial charge in [-0.25, -0.2) is 4.99 Å². The van der Waals surface area contributed by atoms with Crippen LogP contribution in [0.2, 0.25) is 0 Å². The Morgan fingerprint density at radius 3 is 2.48 bits per heavy atom. The van der Waals surface area contributed by atoms with Crippen molar-refractivity contribution in [2.75, 3.05) is 20.2 Å². The Labute approximate surface area is 190 Å². The van der Waals surface area contributed by atoms with Gasteiger partial charge < -0.3 is 20.7 Å². The number of methoxy groups -OCH3 is 1. The topological polar surface area (TPSA) is 74.8 Å². The fraction of sp³-hybridized carbons (Fsp3) is 0.364. The largest absolute Gasteiger partial charge is 0.497 e. The molecule has 29 heavy (non-hydrogen) atoms. The fourth-order valence-corrected chi connectivity index (χ4v) is 2.63. The highest BCUT2D eigenvalue weighted by Crippen LogP contribution is 2.12. The minimum atomic E-state index is -0.0456. The first-order valence-electron chi connectivity index (χ1n) is 9.68. The average Bonchev–Trinajstić information content (AvgIpc) is 2.74. The lowest BCUT2D eigenvalue weighted by Gasteiger charge is -2.12. The molecule has 0 spiro atoms. The van der Waals surface area contributed by atoms with Crippen LogP contribution in [0.3, 0.4) is 0 Å². The number of amides is 1. The number of nitrogens with one attached hydrogen (secondary N) is 3. The Hall–Kier alpha value is -2.29. The summed E-state index contributed by atoms with van der Waals surface area (Å²) >= 11 is 0. The fourth-order valence-electron chi connectivity index (χ4n) is 2.63. The number of carbonyl (C=O) groups is 1. The van der Waals surface area contributed by atoms with Crippen LogP contribution in [0.5, 0.6) is 5.75 Å². The van der Waals surface area contributed by atoms with E-state index in [2.05, 4.69) is 20.9 Å². The summed E-state index contributed by atoms with van der Waals surface area (Å²) in [6.07, 6.45) is 0.917. The predicted octanol–water partition coefficient (Wildman–Crippen LogP) is 3.71. The van der Waals surface area contributed by atoms with Gasteiger partial charge in [0.2, 0.25) is 0 Å². The highest BCUT2D eigenvalue weighted by Gasteiger charge is 2.05. The maximum atomic E-state index is 12.1. The third-order valence-electron chi connectivity index (χ3n) is 4.08. The van der Waals surface area contributed by atoms with Crippen LogP contribution in [0.4, 0.5) is 0 Å². The van der Waals surface area contributed by atoms with E-state index in [1.54, 1.807) is 7.11 Å². The summed E-state index contributed by atoms with van der Waals surface area (Å²) in [6, 6.07) is 15.5. The van der Waals surface area contributed by atoms with Gasteiger partial charge in [0.15, 0.2) is 5.96 Å². The number of ether oxygens (including phenoxy) is 1. The van der Waals surface area contributed by atoms with E-state index < -0.39 is 0 Å². The highest BCUT2D eigenvalue weighted by atomic mass is 127. The van der Waals surface area contributed by atoms with Gasteiger partial charge in [-0.1, -0.05) is 31.2 Å². The van der Waals surface area contributed by atoms with E-state index in [1.807, 2.05) is 62.4 Å². The summed E-state index contributed by atoms with van der Waals surface area (Å²) in [5, 5.41) is 9.47. The molecule has 7 heteroatoms. The Morgan fingerprint density at radius 1 is 1.00 bits per heavy atom. The number of hydrogen-bond acceptors (Lipinski definition) is 3. The van der Waals surface area contributed by atoms with Gasteiger partial charge in [-0.15, -0.1) is 24.0 Å². The third kappa shape index (κ3) is 8.72. The van der Waals surface area contributed by atoms with Crippen molar-refractivity contribution in [2.45, 2.75) is 33.4 Å². The second-order valence-corrected chi connectivity index (χ2v) is 6.36. The van der Waals surface area contributed by atoms with Crippen LogP contribution in [-0.2, 0) is 13.1 Å². The first-order chi connectivity index (χ1) is 13.7. The van der Waals surface area contributed by atoms with Crippen LogP contribution in [0.1, 0.15) is 41.8 Å². The minimum absolute atomic E-state index is 0. The van der Waals surface area contributed by atoms with E-state index in [1.165, 1.54) is 0 Å². The van der Waals surface area contributed by atoms with Crippen LogP contribution >= 0.6 is 24.0 Å². The van der Waals surface area contributed by atoms with Gasteiger partial charge in [-0.3, -0.25) is 4.79 Å². The molecule has 6 nitrogen and oxygen atoms in total. The number of halogens is 1. The van der Waals surface area contributed by atoms with E-state index in [0.29, 0.717) is 25.2 Å². The molecule has 0 bridgehead atoms. The monoisotopic (exact) mass is 510 g/mol. The quantitative estimate of drug-likeness (QED) is 0.273. The molecule has 0 aliphatic rings. The van der Waals surface area contributed by atoms with Crippen molar-refractivity contribution in [3.8, 4) is 5.75 Å². The predicted molar refractivity (Wildman–Crippen MR) is 129 cm³/mol. The van der Waals surface area contributed by atoms with Gasteiger partial charge in [-0.05, 0) is 48.7 Å². The first kappa shape index (κ1) is 24.7. The second kappa shape index (κ2) is 13.8. The summed E-state index contributed by atoms with van der Waals surface area (Å²) in [4.78, 5) is 16.8. The van der Waals surface area contributed by atoms with Crippen LogP contribution < -0.4 is 20.7 Å². The summed E-state index contributed by atoms with van der Waals surface area (Å²) in [5.74, 6) is 1.52. The lowest BCUT2D eigenvalue weighted by atomic mass is 10.1. The molecule has 0 aliphatic heterocycles. The molecule has 0 atom stereocenters. The molecular formula is C22H31IN4O2. The SMILES string of the molecule is CCCNC(=O)c1cccc(CN=C(NCC)NCc2cccc(OC)c2)c1.I. The van der Waals surface area contributed by atoms with Crippen molar-refractivity contribution in [2.24, 2.45) is 4.99 Å². The molecule has 0 unspecified atom stereocenters. The summed E-state index contributed by atoms with van der Waals surface area (Å²) in [7, 11) is 1.66. The van der Waals surface area contributed by atoms with Crippen molar-refractivity contribution >= 4 is 35.8 Å². The Balaban J connectivity index is 0.00000420. The summed E-state index contributed by atoms with van der Waals surface area (Å²) < 4.78 is 5.26. The highest BCUT2D eigenvalue weighted by molar-refractivity contribution is 14.0. The number of hydrogen-bond donors (Lipinski definition) is 3. The van der Waals surface area contributed by atoms with Gasteiger partial charge >= 0.3 is 0 Å². The second-order valence-electron chi connectivity index (χ2n) is 6.36. The molecule has 1 amide bonds. The molecule has 0 saturated carbocycles. The van der Waals surface area contributed by atoms with E-state index in [4.69, 9.17) is 4.74 Å². The zero-order valence-corrected chi connectivity index (χ0v) is 19.7. The van der Waals surface area contributed by atoms with Crippen molar-refractivity contribution in [1.29, 1.82) is 0 Å². The minimum Gasteiger partial charge on any atom is -0.497 e. The smallest absolute Gasteiger partial charge is 0.251 e. The van der Waals surface area contributed by atoms with Gasteiger partial charge in [0, 0.05) is 25.2 Å². The van der Waals surface area contributed by atoms with Gasteiger partial charge in [0.25, 0.3) is 5.91 Å². The van der Waals surface area contributed by atoms with Gasteiger partial charge in [-0.2, -0.15) is 0 Å². The van der Waals surface area contributed by atoms with E-state index in [0.717, 1.165) is 35.8 Å². The van der Waals surface area contributed by atoms with Crippen molar-refractivity contribution in [3.63, 3.8) is 0 Å². The van der Waals surface area contributed by atoms with E-state index in [9.17, 15) is 4.79 Å². The lowest BCUT2D eigenvalue weighted by molar-refractivity contribution is 0.0953. The Bertz CT molecular complexity index is 796. The molecule has 2 aromatic rings. The number of rotatable bonds is 9. The molecule has 2 rings (SSSR count). The average molecular weight is 510 g/mol.